The summed E-state index contributed by atoms with van der Waals surface area (Å²) in [6, 6.07) is 18.6. The minimum absolute atomic E-state index is 0. The highest BCUT2D eigenvalue weighted by Crippen LogP contribution is 2.51. The molecule has 1 aliphatic carbocycles. The first-order valence-electron chi connectivity index (χ1n) is 7.27. The Morgan fingerprint density at radius 1 is 1.10 bits per heavy atom. The van der Waals surface area contributed by atoms with Crippen molar-refractivity contribution in [2.24, 2.45) is 5.73 Å². The lowest BCUT2D eigenvalue weighted by Gasteiger charge is -2.10. The van der Waals surface area contributed by atoms with Crippen LogP contribution in [0.25, 0.3) is 0 Å². The summed E-state index contributed by atoms with van der Waals surface area (Å²) >= 11 is 0. The van der Waals surface area contributed by atoms with Gasteiger partial charge in [-0.3, -0.25) is 0 Å². The predicted molar refractivity (Wildman–Crippen MR) is 89.0 cm³/mol. The van der Waals surface area contributed by atoms with Gasteiger partial charge in [-0.1, -0.05) is 49.4 Å². The van der Waals surface area contributed by atoms with Crippen LogP contribution in [0.4, 0.5) is 0 Å². The largest absolute Gasteiger partial charge is 0.489 e. The Hall–Kier alpha value is -1.51. The van der Waals surface area contributed by atoms with E-state index in [9.17, 15) is 0 Å². The summed E-state index contributed by atoms with van der Waals surface area (Å²) < 4.78 is 5.79. The average molecular weight is 304 g/mol. The lowest BCUT2D eigenvalue weighted by atomic mass is 10.0. The van der Waals surface area contributed by atoms with Crippen LogP contribution in [0.3, 0.4) is 0 Å². The molecule has 1 fully saturated rings. The first-order chi connectivity index (χ1) is 9.71. The van der Waals surface area contributed by atoms with Gasteiger partial charge in [0.15, 0.2) is 0 Å². The second kappa shape index (κ2) is 6.50. The Kier molecular flexibility index (Phi) is 4.92. The van der Waals surface area contributed by atoms with Crippen LogP contribution in [0.2, 0.25) is 0 Å². The quantitative estimate of drug-likeness (QED) is 0.894. The van der Waals surface area contributed by atoms with Gasteiger partial charge in [-0.15, -0.1) is 12.4 Å². The van der Waals surface area contributed by atoms with Crippen LogP contribution in [0, 0.1) is 0 Å². The van der Waals surface area contributed by atoms with Gasteiger partial charge in [0.1, 0.15) is 12.4 Å². The Bertz CT molecular complexity index is 570. The van der Waals surface area contributed by atoms with Gasteiger partial charge >= 0.3 is 0 Å². The van der Waals surface area contributed by atoms with Crippen molar-refractivity contribution in [2.45, 2.75) is 37.8 Å². The smallest absolute Gasteiger partial charge is 0.119 e. The van der Waals surface area contributed by atoms with Gasteiger partial charge < -0.3 is 10.5 Å². The SMILES string of the molecule is CCC1(N)CC1c1ccc(OCc2ccccc2)cc1.Cl. The highest BCUT2D eigenvalue weighted by Gasteiger charge is 2.49. The molecule has 1 aliphatic rings. The zero-order valence-electron chi connectivity index (χ0n) is 12.3. The fraction of sp³-hybridized carbons (Fsp3) is 0.333. The van der Waals surface area contributed by atoms with Gasteiger partial charge in [0.05, 0.1) is 0 Å². The van der Waals surface area contributed by atoms with Crippen molar-refractivity contribution in [3.05, 3.63) is 65.7 Å². The van der Waals surface area contributed by atoms with Crippen LogP contribution in [0.15, 0.2) is 54.6 Å². The summed E-state index contributed by atoms with van der Waals surface area (Å²) in [4.78, 5) is 0. The molecule has 0 bridgehead atoms. The number of rotatable bonds is 5. The van der Waals surface area contributed by atoms with Crippen molar-refractivity contribution in [3.63, 3.8) is 0 Å². The lowest BCUT2D eigenvalue weighted by molar-refractivity contribution is 0.306. The van der Waals surface area contributed by atoms with Crippen molar-refractivity contribution in [1.82, 2.24) is 0 Å². The van der Waals surface area contributed by atoms with Gasteiger partial charge in [0, 0.05) is 11.5 Å². The normalized spacial score (nSPS) is 23.2. The fourth-order valence-electron chi connectivity index (χ4n) is 2.70. The first kappa shape index (κ1) is 15.9. The molecule has 2 N–H and O–H groups in total. The number of nitrogens with two attached hydrogens (primary N) is 1. The van der Waals surface area contributed by atoms with E-state index >= 15 is 0 Å². The Balaban J connectivity index is 0.00000161. The molecule has 2 atom stereocenters. The summed E-state index contributed by atoms with van der Waals surface area (Å²) in [7, 11) is 0. The molecule has 112 valence electrons. The second-order valence-corrected chi connectivity index (χ2v) is 5.69. The molecule has 0 aromatic heterocycles. The van der Waals surface area contributed by atoms with Gasteiger partial charge in [0.2, 0.25) is 0 Å². The Morgan fingerprint density at radius 3 is 2.33 bits per heavy atom. The average Bonchev–Trinajstić information content (AvgIpc) is 3.20. The molecule has 2 aromatic carbocycles. The van der Waals surface area contributed by atoms with Crippen molar-refractivity contribution in [3.8, 4) is 5.75 Å². The van der Waals surface area contributed by atoms with E-state index in [2.05, 4.69) is 31.2 Å². The third kappa shape index (κ3) is 3.58. The van der Waals surface area contributed by atoms with Crippen molar-refractivity contribution < 1.29 is 4.74 Å². The molecule has 0 radical (unpaired) electrons. The maximum atomic E-state index is 6.26. The van der Waals surface area contributed by atoms with Gasteiger partial charge in [0.25, 0.3) is 0 Å². The fourth-order valence-corrected chi connectivity index (χ4v) is 2.70. The highest BCUT2D eigenvalue weighted by atomic mass is 35.5. The predicted octanol–water partition coefficient (Wildman–Crippen LogP) is 4.28. The van der Waals surface area contributed by atoms with Gasteiger partial charge in [-0.05, 0) is 36.1 Å². The Labute approximate surface area is 132 Å². The molecule has 21 heavy (non-hydrogen) atoms. The van der Waals surface area contributed by atoms with Crippen LogP contribution in [0.1, 0.15) is 36.8 Å². The van der Waals surface area contributed by atoms with Crippen LogP contribution in [0.5, 0.6) is 5.75 Å². The number of ether oxygens (including phenoxy) is 1. The molecule has 1 saturated carbocycles. The van der Waals surface area contributed by atoms with E-state index in [-0.39, 0.29) is 17.9 Å². The number of hydrogen-bond donors (Lipinski definition) is 1. The molecule has 0 saturated heterocycles. The molecule has 0 aliphatic heterocycles. The molecule has 0 amide bonds. The van der Waals surface area contributed by atoms with E-state index in [0.717, 1.165) is 18.6 Å². The van der Waals surface area contributed by atoms with E-state index in [1.165, 1.54) is 11.1 Å². The zero-order valence-corrected chi connectivity index (χ0v) is 13.1. The van der Waals surface area contributed by atoms with Crippen LogP contribution in [-0.4, -0.2) is 5.54 Å². The summed E-state index contributed by atoms with van der Waals surface area (Å²) in [6.45, 7) is 2.77. The summed E-state index contributed by atoms with van der Waals surface area (Å²) in [6.07, 6.45) is 2.15. The van der Waals surface area contributed by atoms with E-state index in [1.54, 1.807) is 0 Å². The molecule has 0 spiro atoms. The lowest BCUT2D eigenvalue weighted by Crippen LogP contribution is -2.22. The third-order valence-electron chi connectivity index (χ3n) is 4.31. The molecule has 2 nitrogen and oxygen atoms in total. The zero-order chi connectivity index (χ0) is 14.0. The van der Waals surface area contributed by atoms with Crippen LogP contribution < -0.4 is 10.5 Å². The monoisotopic (exact) mass is 303 g/mol. The topological polar surface area (TPSA) is 35.2 Å². The number of hydrogen-bond acceptors (Lipinski definition) is 2. The van der Waals surface area contributed by atoms with E-state index in [4.69, 9.17) is 10.5 Å². The minimum Gasteiger partial charge on any atom is -0.489 e. The third-order valence-corrected chi connectivity index (χ3v) is 4.31. The molecule has 3 heteroatoms. The first-order valence-corrected chi connectivity index (χ1v) is 7.27. The van der Waals surface area contributed by atoms with Crippen LogP contribution >= 0.6 is 12.4 Å². The van der Waals surface area contributed by atoms with E-state index in [0.29, 0.717) is 12.5 Å². The van der Waals surface area contributed by atoms with Crippen molar-refractivity contribution in [2.75, 3.05) is 0 Å². The van der Waals surface area contributed by atoms with Crippen molar-refractivity contribution in [1.29, 1.82) is 0 Å². The maximum absolute atomic E-state index is 6.26. The molecule has 0 heterocycles. The number of halogens is 1. The van der Waals surface area contributed by atoms with Gasteiger partial charge in [-0.25, -0.2) is 0 Å². The molecular formula is C18H22ClNO. The second-order valence-electron chi connectivity index (χ2n) is 5.69. The summed E-state index contributed by atoms with van der Waals surface area (Å²) in [5.41, 5.74) is 8.82. The maximum Gasteiger partial charge on any atom is 0.119 e. The summed E-state index contributed by atoms with van der Waals surface area (Å²) in [5, 5.41) is 0. The molecule has 2 unspecified atom stereocenters. The summed E-state index contributed by atoms with van der Waals surface area (Å²) in [5.74, 6) is 1.44. The highest BCUT2D eigenvalue weighted by molar-refractivity contribution is 5.85. The van der Waals surface area contributed by atoms with Crippen LogP contribution in [-0.2, 0) is 6.61 Å². The minimum atomic E-state index is 0. The standard InChI is InChI=1S/C18H21NO.ClH/c1-2-18(19)12-17(18)15-8-10-16(11-9-15)20-13-14-6-4-3-5-7-14;/h3-11,17H,2,12-13,19H2,1H3;1H. The molecular weight excluding hydrogens is 282 g/mol. The molecule has 3 rings (SSSR count). The van der Waals surface area contributed by atoms with Gasteiger partial charge in [-0.2, -0.15) is 0 Å². The van der Waals surface area contributed by atoms with E-state index in [1.807, 2.05) is 30.3 Å². The van der Waals surface area contributed by atoms with E-state index < -0.39 is 0 Å². The Morgan fingerprint density at radius 2 is 1.76 bits per heavy atom. The van der Waals surface area contributed by atoms with Crippen molar-refractivity contribution >= 4 is 12.4 Å². The number of benzene rings is 2. The molecule has 2 aromatic rings.